The van der Waals surface area contributed by atoms with Crippen LogP contribution in [0, 0.1) is 6.92 Å². The second kappa shape index (κ2) is 4.42. The Morgan fingerprint density at radius 3 is 3.14 bits per heavy atom. The monoisotopic (exact) mass is 192 g/mol. The lowest BCUT2D eigenvalue weighted by Crippen LogP contribution is -2.29. The normalized spacial score (nSPS) is 21.9. The van der Waals surface area contributed by atoms with Crippen LogP contribution in [-0.4, -0.2) is 24.2 Å². The van der Waals surface area contributed by atoms with Crippen molar-refractivity contribution < 1.29 is 4.74 Å². The second-order valence-corrected chi connectivity index (χ2v) is 3.81. The fraction of sp³-hybridized carbons (Fsp3) is 0.545. The molecule has 1 unspecified atom stereocenters. The first-order valence-corrected chi connectivity index (χ1v) is 5.10. The molecular weight excluding hydrogens is 176 g/mol. The average molecular weight is 192 g/mol. The Kier molecular flexibility index (Phi) is 2.99. The van der Waals surface area contributed by atoms with Crippen molar-refractivity contribution in [1.29, 1.82) is 0 Å². The minimum Gasteiger partial charge on any atom is -0.379 e. The highest BCUT2D eigenvalue weighted by Crippen LogP contribution is 2.14. The Balaban J connectivity index is 1.95. The van der Waals surface area contributed by atoms with E-state index in [0.717, 1.165) is 25.3 Å². The standard InChI is InChI=1S/C11H16N2O/c1-9-5-11(7-12-6-9)13-10-3-2-4-14-8-10/h5-7,10,13H,2-4,8H2,1H3. The predicted octanol–water partition coefficient (Wildman–Crippen LogP) is 1.98. The first kappa shape index (κ1) is 9.46. The third kappa shape index (κ3) is 2.45. The van der Waals surface area contributed by atoms with Crippen LogP contribution in [0.15, 0.2) is 18.5 Å². The third-order valence-electron chi connectivity index (χ3n) is 2.41. The maximum Gasteiger partial charge on any atom is 0.0667 e. The lowest BCUT2D eigenvalue weighted by atomic mass is 10.1. The van der Waals surface area contributed by atoms with E-state index in [1.807, 2.05) is 12.4 Å². The molecule has 0 saturated carbocycles. The highest BCUT2D eigenvalue weighted by Gasteiger charge is 2.13. The molecule has 0 bridgehead atoms. The summed E-state index contributed by atoms with van der Waals surface area (Å²) in [4.78, 5) is 4.15. The molecule has 1 N–H and O–H groups in total. The SMILES string of the molecule is Cc1cncc(NC2CCCOC2)c1. The summed E-state index contributed by atoms with van der Waals surface area (Å²) in [5, 5.41) is 3.43. The molecule has 1 aromatic heterocycles. The van der Waals surface area contributed by atoms with E-state index in [1.165, 1.54) is 12.0 Å². The van der Waals surface area contributed by atoms with Gasteiger partial charge in [-0.15, -0.1) is 0 Å². The summed E-state index contributed by atoms with van der Waals surface area (Å²) in [6.45, 7) is 3.77. The van der Waals surface area contributed by atoms with Gasteiger partial charge in [-0.1, -0.05) is 0 Å². The van der Waals surface area contributed by atoms with E-state index in [2.05, 4.69) is 23.3 Å². The van der Waals surface area contributed by atoms with Crippen LogP contribution in [0.1, 0.15) is 18.4 Å². The molecule has 14 heavy (non-hydrogen) atoms. The molecular formula is C11H16N2O. The van der Waals surface area contributed by atoms with Gasteiger partial charge in [-0.2, -0.15) is 0 Å². The van der Waals surface area contributed by atoms with Crippen LogP contribution in [0.2, 0.25) is 0 Å². The van der Waals surface area contributed by atoms with Crippen LogP contribution in [-0.2, 0) is 4.74 Å². The maximum atomic E-state index is 5.40. The van der Waals surface area contributed by atoms with Crippen molar-refractivity contribution in [2.45, 2.75) is 25.8 Å². The number of aryl methyl sites for hydroxylation is 1. The molecule has 1 fully saturated rings. The van der Waals surface area contributed by atoms with Gasteiger partial charge in [0.2, 0.25) is 0 Å². The van der Waals surface area contributed by atoms with Crippen LogP contribution in [0.5, 0.6) is 0 Å². The topological polar surface area (TPSA) is 34.2 Å². The van der Waals surface area contributed by atoms with Crippen LogP contribution in [0.3, 0.4) is 0 Å². The van der Waals surface area contributed by atoms with E-state index in [0.29, 0.717) is 6.04 Å². The van der Waals surface area contributed by atoms with Crippen LogP contribution in [0.4, 0.5) is 5.69 Å². The Hall–Kier alpha value is -1.09. The molecule has 3 heteroatoms. The van der Waals surface area contributed by atoms with Crippen LogP contribution < -0.4 is 5.32 Å². The molecule has 0 spiro atoms. The zero-order valence-corrected chi connectivity index (χ0v) is 8.49. The maximum absolute atomic E-state index is 5.40. The average Bonchev–Trinajstić information content (AvgIpc) is 2.19. The zero-order valence-electron chi connectivity index (χ0n) is 8.49. The van der Waals surface area contributed by atoms with Crippen molar-refractivity contribution in [2.75, 3.05) is 18.5 Å². The Bertz CT molecular complexity index is 295. The van der Waals surface area contributed by atoms with Crippen molar-refractivity contribution in [3.8, 4) is 0 Å². The van der Waals surface area contributed by atoms with Gasteiger partial charge in [0.15, 0.2) is 0 Å². The van der Waals surface area contributed by atoms with Gasteiger partial charge in [-0.3, -0.25) is 4.98 Å². The van der Waals surface area contributed by atoms with Gasteiger partial charge in [-0.25, -0.2) is 0 Å². The van der Waals surface area contributed by atoms with Crippen molar-refractivity contribution in [2.24, 2.45) is 0 Å². The largest absolute Gasteiger partial charge is 0.379 e. The summed E-state index contributed by atoms with van der Waals surface area (Å²) in [5.41, 5.74) is 2.28. The van der Waals surface area contributed by atoms with Crippen LogP contribution >= 0.6 is 0 Å². The Labute approximate surface area is 84.5 Å². The molecule has 1 aliphatic heterocycles. The van der Waals surface area contributed by atoms with Gasteiger partial charge in [0.05, 0.1) is 12.3 Å². The molecule has 76 valence electrons. The van der Waals surface area contributed by atoms with Crippen molar-refractivity contribution in [3.05, 3.63) is 24.0 Å². The summed E-state index contributed by atoms with van der Waals surface area (Å²) in [6, 6.07) is 2.56. The number of rotatable bonds is 2. The number of aromatic nitrogens is 1. The molecule has 2 rings (SSSR count). The Morgan fingerprint density at radius 2 is 2.43 bits per heavy atom. The molecule has 1 saturated heterocycles. The molecule has 0 aliphatic carbocycles. The van der Waals surface area contributed by atoms with Gasteiger partial charge in [-0.05, 0) is 31.4 Å². The van der Waals surface area contributed by atoms with Crippen molar-refractivity contribution in [3.63, 3.8) is 0 Å². The molecule has 0 radical (unpaired) electrons. The van der Waals surface area contributed by atoms with Gasteiger partial charge in [0.1, 0.15) is 0 Å². The minimum atomic E-state index is 0.451. The lowest BCUT2D eigenvalue weighted by Gasteiger charge is -2.24. The number of anilines is 1. The first-order valence-electron chi connectivity index (χ1n) is 5.10. The Morgan fingerprint density at radius 1 is 1.50 bits per heavy atom. The molecule has 3 nitrogen and oxygen atoms in total. The summed E-state index contributed by atoms with van der Waals surface area (Å²) in [6.07, 6.45) is 6.06. The summed E-state index contributed by atoms with van der Waals surface area (Å²) in [5.74, 6) is 0. The van der Waals surface area contributed by atoms with Gasteiger partial charge >= 0.3 is 0 Å². The quantitative estimate of drug-likeness (QED) is 0.778. The molecule has 2 heterocycles. The van der Waals surface area contributed by atoms with E-state index in [-0.39, 0.29) is 0 Å². The van der Waals surface area contributed by atoms with E-state index < -0.39 is 0 Å². The highest BCUT2D eigenvalue weighted by atomic mass is 16.5. The number of hydrogen-bond acceptors (Lipinski definition) is 3. The molecule has 1 aliphatic rings. The summed E-state index contributed by atoms with van der Waals surface area (Å²) < 4.78 is 5.40. The number of nitrogens with one attached hydrogen (secondary N) is 1. The number of pyridine rings is 1. The number of nitrogens with zero attached hydrogens (tertiary/aromatic N) is 1. The highest BCUT2D eigenvalue weighted by molar-refractivity contribution is 5.43. The first-order chi connectivity index (χ1) is 6.84. The van der Waals surface area contributed by atoms with E-state index in [4.69, 9.17) is 4.74 Å². The molecule has 1 aromatic rings. The van der Waals surface area contributed by atoms with Crippen LogP contribution in [0.25, 0.3) is 0 Å². The minimum absolute atomic E-state index is 0.451. The predicted molar refractivity (Wildman–Crippen MR) is 56.4 cm³/mol. The summed E-state index contributed by atoms with van der Waals surface area (Å²) in [7, 11) is 0. The van der Waals surface area contributed by atoms with Crippen molar-refractivity contribution >= 4 is 5.69 Å². The zero-order chi connectivity index (χ0) is 9.80. The van der Waals surface area contributed by atoms with E-state index >= 15 is 0 Å². The van der Waals surface area contributed by atoms with Crippen molar-refractivity contribution in [1.82, 2.24) is 4.98 Å². The smallest absolute Gasteiger partial charge is 0.0667 e. The number of hydrogen-bond donors (Lipinski definition) is 1. The fourth-order valence-electron chi connectivity index (χ4n) is 1.72. The molecule has 0 aromatic carbocycles. The second-order valence-electron chi connectivity index (χ2n) is 3.81. The van der Waals surface area contributed by atoms with Gasteiger partial charge in [0, 0.05) is 25.0 Å². The molecule has 0 amide bonds. The third-order valence-corrected chi connectivity index (χ3v) is 2.41. The lowest BCUT2D eigenvalue weighted by molar-refractivity contribution is 0.0876. The molecule has 1 atom stereocenters. The fourth-order valence-corrected chi connectivity index (χ4v) is 1.72. The van der Waals surface area contributed by atoms with Gasteiger partial charge < -0.3 is 10.1 Å². The van der Waals surface area contributed by atoms with E-state index in [9.17, 15) is 0 Å². The summed E-state index contributed by atoms with van der Waals surface area (Å²) >= 11 is 0. The van der Waals surface area contributed by atoms with E-state index in [1.54, 1.807) is 0 Å². The van der Waals surface area contributed by atoms with Gasteiger partial charge in [0.25, 0.3) is 0 Å². The number of ether oxygens (including phenoxy) is 1.